The molecule has 2 aromatic rings. The predicted octanol–water partition coefficient (Wildman–Crippen LogP) is 5.11. The van der Waals surface area contributed by atoms with E-state index in [4.69, 9.17) is 9.15 Å². The van der Waals surface area contributed by atoms with Gasteiger partial charge in [-0.2, -0.15) is 0 Å². The summed E-state index contributed by atoms with van der Waals surface area (Å²) in [5, 5.41) is 20.4. The molecule has 5 heteroatoms. The molecule has 29 heavy (non-hydrogen) atoms. The van der Waals surface area contributed by atoms with Gasteiger partial charge in [-0.3, -0.25) is 0 Å². The zero-order valence-electron chi connectivity index (χ0n) is 16.8. The lowest BCUT2D eigenvalue weighted by molar-refractivity contribution is 0.0256. The van der Waals surface area contributed by atoms with Crippen LogP contribution in [0.15, 0.2) is 51.9 Å². The van der Waals surface area contributed by atoms with E-state index in [0.29, 0.717) is 30.9 Å². The highest BCUT2D eigenvalue weighted by Gasteiger charge is 2.41. The second kappa shape index (κ2) is 7.97. The average molecular weight is 396 g/mol. The largest absolute Gasteiger partial charge is 0.508 e. The molecule has 1 aromatic carbocycles. The highest BCUT2D eigenvalue weighted by molar-refractivity contribution is 5.38. The normalized spacial score (nSPS) is 21.8. The van der Waals surface area contributed by atoms with E-state index in [2.05, 4.69) is 0 Å². The molecule has 1 aromatic heterocycles. The van der Waals surface area contributed by atoms with Gasteiger partial charge in [0.25, 0.3) is 0 Å². The van der Waals surface area contributed by atoms with Gasteiger partial charge in [0.1, 0.15) is 28.4 Å². The van der Waals surface area contributed by atoms with Crippen molar-refractivity contribution in [2.45, 2.75) is 63.4 Å². The topological polar surface area (TPSA) is 79.9 Å². The number of benzene rings is 1. The monoisotopic (exact) mass is 396 g/mol. The van der Waals surface area contributed by atoms with Gasteiger partial charge < -0.3 is 19.4 Å². The van der Waals surface area contributed by atoms with Gasteiger partial charge in [-0.1, -0.05) is 38.3 Å². The Bertz CT molecular complexity index is 929. The summed E-state index contributed by atoms with van der Waals surface area (Å²) in [6.45, 7) is 2.03. The molecule has 2 heterocycles. The van der Waals surface area contributed by atoms with E-state index in [1.54, 1.807) is 24.5 Å². The van der Waals surface area contributed by atoms with E-state index in [0.717, 1.165) is 18.4 Å². The van der Waals surface area contributed by atoms with Crippen molar-refractivity contribution >= 4 is 0 Å². The molecule has 1 aliphatic carbocycles. The number of phenolic OH excluding ortho intramolecular Hbond substituents is 1. The van der Waals surface area contributed by atoms with E-state index in [1.165, 1.54) is 12.8 Å². The Kier molecular flexibility index (Phi) is 5.39. The first-order valence-electron chi connectivity index (χ1n) is 10.5. The zero-order chi connectivity index (χ0) is 20.4. The lowest BCUT2D eigenvalue weighted by Gasteiger charge is -2.28. The predicted molar refractivity (Wildman–Crippen MR) is 110 cm³/mol. The number of ether oxygens (including phenoxy) is 1. The summed E-state index contributed by atoms with van der Waals surface area (Å²) < 4.78 is 11.6. The van der Waals surface area contributed by atoms with Gasteiger partial charge in [-0.25, -0.2) is 4.79 Å². The highest BCUT2D eigenvalue weighted by Crippen LogP contribution is 2.44. The number of aromatic hydroxyl groups is 2. The molecule has 0 amide bonds. The lowest BCUT2D eigenvalue weighted by atomic mass is 9.86. The van der Waals surface area contributed by atoms with Crippen LogP contribution in [0.25, 0.3) is 0 Å². The van der Waals surface area contributed by atoms with Crippen molar-refractivity contribution < 1.29 is 19.4 Å². The lowest BCUT2D eigenvalue weighted by Crippen LogP contribution is -2.31. The Morgan fingerprint density at radius 2 is 1.97 bits per heavy atom. The van der Waals surface area contributed by atoms with E-state index >= 15 is 0 Å². The second-order valence-electron chi connectivity index (χ2n) is 8.38. The standard InChI is InChI=1S/C24H28O5/c1-2-10-24(11-3-12-28-24)22-20(26)15-21(29-23(22)27)18(13-16-4-5-16)14-17-6-8-19(25)9-7-17/h3,6-9,12,15-16,18,25-26H,2,4-5,10-11,13-14H2,1H3. The third-order valence-corrected chi connectivity index (χ3v) is 6.03. The molecule has 0 radical (unpaired) electrons. The fourth-order valence-electron chi connectivity index (χ4n) is 4.41. The molecule has 1 saturated carbocycles. The fourth-order valence-corrected chi connectivity index (χ4v) is 4.41. The van der Waals surface area contributed by atoms with Crippen molar-refractivity contribution in [3.05, 3.63) is 70.0 Å². The Morgan fingerprint density at radius 1 is 1.21 bits per heavy atom. The molecular formula is C24H28O5. The number of phenols is 1. The van der Waals surface area contributed by atoms with E-state index in [9.17, 15) is 15.0 Å². The van der Waals surface area contributed by atoms with Gasteiger partial charge >= 0.3 is 5.63 Å². The SMILES string of the molecule is CCCC1(c2c(O)cc(C(Cc3ccc(O)cc3)CC3CC3)oc2=O)CC=CO1. The fraction of sp³-hybridized carbons (Fsp3) is 0.458. The molecule has 0 spiro atoms. The van der Waals surface area contributed by atoms with Crippen LogP contribution in [-0.2, 0) is 16.8 Å². The van der Waals surface area contributed by atoms with Crippen LogP contribution in [0.5, 0.6) is 11.5 Å². The van der Waals surface area contributed by atoms with Crippen LogP contribution < -0.4 is 5.63 Å². The number of hydrogen-bond acceptors (Lipinski definition) is 5. The minimum absolute atomic E-state index is 0.00411. The van der Waals surface area contributed by atoms with Crippen LogP contribution in [-0.4, -0.2) is 10.2 Å². The first-order chi connectivity index (χ1) is 14.0. The quantitative estimate of drug-likeness (QED) is 0.648. The van der Waals surface area contributed by atoms with Crippen molar-refractivity contribution in [3.63, 3.8) is 0 Å². The van der Waals surface area contributed by atoms with Crippen LogP contribution in [0.2, 0.25) is 0 Å². The van der Waals surface area contributed by atoms with Crippen molar-refractivity contribution in [2.24, 2.45) is 5.92 Å². The molecule has 5 nitrogen and oxygen atoms in total. The van der Waals surface area contributed by atoms with Crippen LogP contribution in [0.4, 0.5) is 0 Å². The first kappa shape index (κ1) is 19.6. The summed E-state index contributed by atoms with van der Waals surface area (Å²) in [7, 11) is 0. The van der Waals surface area contributed by atoms with Gasteiger partial charge in [0.05, 0.1) is 6.26 Å². The Balaban J connectivity index is 1.66. The molecule has 4 rings (SSSR count). The molecule has 0 saturated heterocycles. The van der Waals surface area contributed by atoms with Crippen molar-refractivity contribution in [3.8, 4) is 11.5 Å². The van der Waals surface area contributed by atoms with Crippen molar-refractivity contribution in [1.29, 1.82) is 0 Å². The molecule has 154 valence electrons. The van der Waals surface area contributed by atoms with Gasteiger partial charge in [-0.15, -0.1) is 0 Å². The number of rotatable bonds is 8. The molecular weight excluding hydrogens is 368 g/mol. The van der Waals surface area contributed by atoms with Crippen molar-refractivity contribution in [1.82, 2.24) is 0 Å². The molecule has 2 N–H and O–H groups in total. The molecule has 2 aliphatic rings. The van der Waals surface area contributed by atoms with Crippen LogP contribution in [0.3, 0.4) is 0 Å². The molecule has 0 bridgehead atoms. The minimum atomic E-state index is -0.832. The summed E-state index contributed by atoms with van der Waals surface area (Å²) in [4.78, 5) is 13.0. The number of hydrogen-bond donors (Lipinski definition) is 2. The smallest absolute Gasteiger partial charge is 0.347 e. The molecule has 2 unspecified atom stereocenters. The third kappa shape index (κ3) is 4.19. The van der Waals surface area contributed by atoms with E-state index in [-0.39, 0.29) is 23.0 Å². The summed E-state index contributed by atoms with van der Waals surface area (Å²) >= 11 is 0. The first-order valence-corrected chi connectivity index (χ1v) is 10.5. The zero-order valence-corrected chi connectivity index (χ0v) is 16.8. The molecule has 1 fully saturated rings. The van der Waals surface area contributed by atoms with Crippen molar-refractivity contribution in [2.75, 3.05) is 0 Å². The summed E-state index contributed by atoms with van der Waals surface area (Å²) in [5.74, 6) is 1.35. The molecule has 1 aliphatic heterocycles. The van der Waals surface area contributed by atoms with Gasteiger partial charge in [0, 0.05) is 18.4 Å². The summed E-state index contributed by atoms with van der Waals surface area (Å²) in [6, 6.07) is 8.72. The Morgan fingerprint density at radius 3 is 2.55 bits per heavy atom. The third-order valence-electron chi connectivity index (χ3n) is 6.03. The van der Waals surface area contributed by atoms with Gasteiger partial charge in [-0.05, 0) is 49.0 Å². The Hall–Kier alpha value is -2.69. The maximum atomic E-state index is 13.0. The van der Waals surface area contributed by atoms with Crippen LogP contribution in [0, 0.1) is 5.92 Å². The molecule has 2 atom stereocenters. The van der Waals surface area contributed by atoms with Crippen LogP contribution in [0.1, 0.15) is 68.3 Å². The minimum Gasteiger partial charge on any atom is -0.508 e. The van der Waals surface area contributed by atoms with Gasteiger partial charge in [0.2, 0.25) is 0 Å². The van der Waals surface area contributed by atoms with Crippen LogP contribution >= 0.6 is 0 Å². The maximum Gasteiger partial charge on any atom is 0.347 e. The summed E-state index contributed by atoms with van der Waals surface area (Å²) in [5.41, 5.74) is -0.0574. The maximum absolute atomic E-state index is 13.0. The Labute approximate surface area is 170 Å². The highest BCUT2D eigenvalue weighted by atomic mass is 16.5. The van der Waals surface area contributed by atoms with Gasteiger partial charge in [0.15, 0.2) is 0 Å². The summed E-state index contributed by atoms with van der Waals surface area (Å²) in [6.07, 6.45) is 9.49. The van der Waals surface area contributed by atoms with E-state index in [1.807, 2.05) is 25.1 Å². The second-order valence-corrected chi connectivity index (χ2v) is 8.38. The average Bonchev–Trinajstić information content (AvgIpc) is 3.39. The van der Waals surface area contributed by atoms with E-state index < -0.39 is 11.2 Å².